The minimum absolute atomic E-state index is 0.185. The van der Waals surface area contributed by atoms with Crippen molar-refractivity contribution in [2.75, 3.05) is 26.7 Å². The van der Waals surface area contributed by atoms with Crippen LogP contribution in [0.25, 0.3) is 0 Å². The molecule has 0 aromatic heterocycles. The van der Waals surface area contributed by atoms with E-state index in [1.54, 1.807) is 0 Å². The Labute approximate surface area is 95.7 Å². The zero-order valence-corrected chi connectivity index (χ0v) is 11.2. The van der Waals surface area contributed by atoms with E-state index in [0.717, 1.165) is 13.1 Å². The standard InChI is InChI=1S/C13H28N2/c1-7-8-9-15(6)11-12(2)10-14-13(3,4)5/h14H,2,7-11H2,1,3-6H3. The molecule has 0 rings (SSSR count). The maximum Gasteiger partial charge on any atom is 0.0199 e. The Morgan fingerprint density at radius 2 is 1.93 bits per heavy atom. The summed E-state index contributed by atoms with van der Waals surface area (Å²) in [6, 6.07) is 0. The summed E-state index contributed by atoms with van der Waals surface area (Å²) in [6.45, 7) is 16.0. The van der Waals surface area contributed by atoms with E-state index >= 15 is 0 Å². The number of hydrogen-bond acceptors (Lipinski definition) is 2. The Kier molecular flexibility index (Phi) is 6.86. The van der Waals surface area contributed by atoms with Crippen LogP contribution >= 0.6 is 0 Å². The van der Waals surface area contributed by atoms with Crippen molar-refractivity contribution >= 4 is 0 Å². The van der Waals surface area contributed by atoms with Crippen LogP contribution in [0.2, 0.25) is 0 Å². The molecular weight excluding hydrogens is 184 g/mol. The van der Waals surface area contributed by atoms with Crippen LogP contribution in [0.4, 0.5) is 0 Å². The summed E-state index contributed by atoms with van der Waals surface area (Å²) in [4.78, 5) is 2.34. The summed E-state index contributed by atoms with van der Waals surface area (Å²) in [5, 5.41) is 3.46. The van der Waals surface area contributed by atoms with E-state index in [-0.39, 0.29) is 5.54 Å². The lowest BCUT2D eigenvalue weighted by Gasteiger charge is -2.23. The first-order valence-electron chi connectivity index (χ1n) is 5.95. The molecule has 0 unspecified atom stereocenters. The molecular formula is C13H28N2. The monoisotopic (exact) mass is 212 g/mol. The SMILES string of the molecule is C=C(CNC(C)(C)C)CN(C)CCCC. The van der Waals surface area contributed by atoms with Crippen molar-refractivity contribution in [1.29, 1.82) is 0 Å². The first-order chi connectivity index (χ1) is 6.85. The van der Waals surface area contributed by atoms with Crippen LogP contribution in [0.15, 0.2) is 12.2 Å². The Morgan fingerprint density at radius 3 is 2.40 bits per heavy atom. The Hall–Kier alpha value is -0.340. The maximum absolute atomic E-state index is 4.10. The number of nitrogens with one attached hydrogen (secondary N) is 1. The van der Waals surface area contributed by atoms with Crippen molar-refractivity contribution in [2.45, 2.75) is 46.1 Å². The topological polar surface area (TPSA) is 15.3 Å². The zero-order chi connectivity index (χ0) is 11.9. The predicted octanol–water partition coefficient (Wildman–Crippen LogP) is 2.66. The van der Waals surface area contributed by atoms with Crippen molar-refractivity contribution in [3.05, 3.63) is 12.2 Å². The van der Waals surface area contributed by atoms with Gasteiger partial charge in [0, 0.05) is 18.6 Å². The van der Waals surface area contributed by atoms with E-state index in [4.69, 9.17) is 0 Å². The number of likely N-dealkylation sites (N-methyl/N-ethyl adjacent to an activating group) is 1. The van der Waals surface area contributed by atoms with Crippen LogP contribution in [0.3, 0.4) is 0 Å². The highest BCUT2D eigenvalue weighted by atomic mass is 15.1. The van der Waals surface area contributed by atoms with Crippen LogP contribution in [-0.2, 0) is 0 Å². The van der Waals surface area contributed by atoms with E-state index < -0.39 is 0 Å². The van der Waals surface area contributed by atoms with Gasteiger partial charge in [-0.1, -0.05) is 19.9 Å². The molecule has 0 spiro atoms. The molecule has 0 radical (unpaired) electrons. The molecule has 0 aliphatic rings. The van der Waals surface area contributed by atoms with Crippen LogP contribution in [-0.4, -0.2) is 37.1 Å². The quantitative estimate of drug-likeness (QED) is 0.653. The lowest BCUT2D eigenvalue weighted by atomic mass is 10.1. The highest BCUT2D eigenvalue weighted by Gasteiger charge is 2.09. The van der Waals surface area contributed by atoms with E-state index in [0.29, 0.717) is 0 Å². The van der Waals surface area contributed by atoms with E-state index in [1.807, 2.05) is 0 Å². The molecule has 0 saturated carbocycles. The van der Waals surface area contributed by atoms with Gasteiger partial charge in [0.25, 0.3) is 0 Å². The van der Waals surface area contributed by atoms with Gasteiger partial charge in [-0.2, -0.15) is 0 Å². The second-order valence-electron chi connectivity index (χ2n) is 5.44. The number of unbranched alkanes of at least 4 members (excludes halogenated alkanes) is 1. The third kappa shape index (κ3) is 9.95. The molecule has 15 heavy (non-hydrogen) atoms. The molecule has 0 aliphatic heterocycles. The number of nitrogens with zero attached hydrogens (tertiary/aromatic N) is 1. The van der Waals surface area contributed by atoms with E-state index in [9.17, 15) is 0 Å². The molecule has 0 aromatic rings. The van der Waals surface area contributed by atoms with Crippen molar-refractivity contribution in [1.82, 2.24) is 10.2 Å². The minimum atomic E-state index is 0.185. The molecule has 0 bridgehead atoms. The summed E-state index contributed by atoms with van der Waals surface area (Å²) in [7, 11) is 2.16. The summed E-state index contributed by atoms with van der Waals surface area (Å²) < 4.78 is 0. The van der Waals surface area contributed by atoms with Gasteiger partial charge in [0.2, 0.25) is 0 Å². The van der Waals surface area contributed by atoms with Crippen molar-refractivity contribution in [2.24, 2.45) is 0 Å². The molecule has 2 heteroatoms. The molecule has 0 heterocycles. The largest absolute Gasteiger partial charge is 0.308 e. The lowest BCUT2D eigenvalue weighted by Crippen LogP contribution is -2.38. The second kappa shape index (κ2) is 7.02. The van der Waals surface area contributed by atoms with Crippen LogP contribution in [0.5, 0.6) is 0 Å². The van der Waals surface area contributed by atoms with Gasteiger partial charge in [0.05, 0.1) is 0 Å². The smallest absolute Gasteiger partial charge is 0.0199 e. The van der Waals surface area contributed by atoms with Gasteiger partial charge >= 0.3 is 0 Å². The van der Waals surface area contributed by atoms with Gasteiger partial charge < -0.3 is 10.2 Å². The van der Waals surface area contributed by atoms with Gasteiger partial charge in [0.15, 0.2) is 0 Å². The normalized spacial score (nSPS) is 12.1. The highest BCUT2D eigenvalue weighted by Crippen LogP contribution is 2.01. The molecule has 90 valence electrons. The van der Waals surface area contributed by atoms with Crippen LogP contribution in [0, 0.1) is 0 Å². The molecule has 0 fully saturated rings. The van der Waals surface area contributed by atoms with Crippen LogP contribution < -0.4 is 5.32 Å². The molecule has 0 amide bonds. The fourth-order valence-electron chi connectivity index (χ4n) is 1.33. The zero-order valence-electron chi connectivity index (χ0n) is 11.2. The third-order valence-corrected chi connectivity index (χ3v) is 2.26. The van der Waals surface area contributed by atoms with Crippen molar-refractivity contribution in [3.8, 4) is 0 Å². The molecule has 0 saturated heterocycles. The number of hydrogen-bond donors (Lipinski definition) is 1. The summed E-state index contributed by atoms with van der Waals surface area (Å²) in [5.74, 6) is 0. The van der Waals surface area contributed by atoms with Crippen molar-refractivity contribution < 1.29 is 0 Å². The summed E-state index contributed by atoms with van der Waals surface area (Å²) >= 11 is 0. The molecule has 1 N–H and O–H groups in total. The average molecular weight is 212 g/mol. The Bertz CT molecular complexity index is 179. The molecule has 0 atom stereocenters. The third-order valence-electron chi connectivity index (χ3n) is 2.26. The highest BCUT2D eigenvalue weighted by molar-refractivity contribution is 5.00. The minimum Gasteiger partial charge on any atom is -0.308 e. The fourth-order valence-corrected chi connectivity index (χ4v) is 1.33. The van der Waals surface area contributed by atoms with E-state index in [1.165, 1.54) is 25.0 Å². The summed E-state index contributed by atoms with van der Waals surface area (Å²) in [5.41, 5.74) is 1.45. The van der Waals surface area contributed by atoms with Gasteiger partial charge in [-0.05, 0) is 46.4 Å². The van der Waals surface area contributed by atoms with Gasteiger partial charge in [-0.25, -0.2) is 0 Å². The van der Waals surface area contributed by atoms with Crippen molar-refractivity contribution in [3.63, 3.8) is 0 Å². The first-order valence-corrected chi connectivity index (χ1v) is 5.95. The first kappa shape index (κ1) is 14.7. The molecule has 0 aliphatic carbocycles. The van der Waals surface area contributed by atoms with Gasteiger partial charge in [-0.3, -0.25) is 0 Å². The lowest BCUT2D eigenvalue weighted by molar-refractivity contribution is 0.346. The van der Waals surface area contributed by atoms with Gasteiger partial charge in [-0.15, -0.1) is 0 Å². The maximum atomic E-state index is 4.10. The Balaban J connectivity index is 3.64. The molecule has 2 nitrogen and oxygen atoms in total. The van der Waals surface area contributed by atoms with E-state index in [2.05, 4.69) is 51.5 Å². The predicted molar refractivity (Wildman–Crippen MR) is 69.3 cm³/mol. The second-order valence-corrected chi connectivity index (χ2v) is 5.44. The Morgan fingerprint density at radius 1 is 1.33 bits per heavy atom. The number of rotatable bonds is 7. The molecule has 0 aromatic carbocycles. The van der Waals surface area contributed by atoms with Gasteiger partial charge in [0.1, 0.15) is 0 Å². The van der Waals surface area contributed by atoms with Crippen LogP contribution in [0.1, 0.15) is 40.5 Å². The fraction of sp³-hybridized carbons (Fsp3) is 0.846. The summed E-state index contributed by atoms with van der Waals surface area (Å²) in [6.07, 6.45) is 2.54. The average Bonchev–Trinajstić information content (AvgIpc) is 2.10.